The van der Waals surface area contributed by atoms with Crippen molar-refractivity contribution < 1.29 is 18.0 Å². The standard InChI is InChI=1S/C16H20N2O4S/c1-2-18-16(20)13-9-8-11(10-14(13)23(18,21)22)15(19)17-12-6-4-3-5-7-12/h8-10,12H,2-7H2,1H3,(H,17,19). The number of fused-ring (bicyclic) bond motifs is 1. The lowest BCUT2D eigenvalue weighted by Gasteiger charge is -2.22. The summed E-state index contributed by atoms with van der Waals surface area (Å²) in [7, 11) is -3.83. The van der Waals surface area contributed by atoms with E-state index in [9.17, 15) is 18.0 Å². The fourth-order valence-corrected chi connectivity index (χ4v) is 4.85. The van der Waals surface area contributed by atoms with Crippen LogP contribution in [0.1, 0.15) is 59.7 Å². The molecule has 3 rings (SSSR count). The van der Waals surface area contributed by atoms with Gasteiger partial charge in [-0.1, -0.05) is 19.3 Å². The van der Waals surface area contributed by atoms with Gasteiger partial charge in [-0.25, -0.2) is 12.7 Å². The number of hydrogen-bond donors (Lipinski definition) is 1. The van der Waals surface area contributed by atoms with Gasteiger partial charge in [-0.3, -0.25) is 9.59 Å². The maximum absolute atomic E-state index is 12.4. The molecule has 6 nitrogen and oxygen atoms in total. The predicted octanol–water partition coefficient (Wildman–Crippen LogP) is 1.91. The van der Waals surface area contributed by atoms with Gasteiger partial charge in [-0.2, -0.15) is 0 Å². The zero-order valence-electron chi connectivity index (χ0n) is 13.0. The van der Waals surface area contributed by atoms with Crippen molar-refractivity contribution in [3.8, 4) is 0 Å². The fourth-order valence-electron chi connectivity index (χ4n) is 3.25. The van der Waals surface area contributed by atoms with Crippen LogP contribution in [0.3, 0.4) is 0 Å². The van der Waals surface area contributed by atoms with E-state index in [1.807, 2.05) is 0 Å². The Hall–Kier alpha value is -1.89. The van der Waals surface area contributed by atoms with Gasteiger partial charge < -0.3 is 5.32 Å². The minimum absolute atomic E-state index is 0.0688. The molecule has 0 radical (unpaired) electrons. The quantitative estimate of drug-likeness (QED) is 0.914. The van der Waals surface area contributed by atoms with E-state index in [4.69, 9.17) is 0 Å². The van der Waals surface area contributed by atoms with Gasteiger partial charge in [-0.15, -0.1) is 0 Å². The molecule has 1 aliphatic heterocycles. The lowest BCUT2D eigenvalue weighted by Crippen LogP contribution is -2.36. The minimum atomic E-state index is -3.83. The highest BCUT2D eigenvalue weighted by molar-refractivity contribution is 7.90. The molecule has 2 aliphatic rings. The lowest BCUT2D eigenvalue weighted by atomic mass is 9.95. The second kappa shape index (κ2) is 5.96. The van der Waals surface area contributed by atoms with Crippen molar-refractivity contribution in [1.29, 1.82) is 0 Å². The zero-order valence-corrected chi connectivity index (χ0v) is 13.9. The van der Waals surface area contributed by atoms with Gasteiger partial charge in [0, 0.05) is 18.2 Å². The van der Waals surface area contributed by atoms with Crippen LogP contribution in [0.5, 0.6) is 0 Å². The molecule has 0 spiro atoms. The first-order valence-corrected chi connectivity index (χ1v) is 9.41. The first kappa shape index (κ1) is 16.0. The van der Waals surface area contributed by atoms with E-state index in [0.717, 1.165) is 30.0 Å². The monoisotopic (exact) mass is 336 g/mol. The molecule has 0 unspecified atom stereocenters. The third-order valence-electron chi connectivity index (χ3n) is 4.50. The number of benzene rings is 1. The smallest absolute Gasteiger partial charge is 0.268 e. The molecule has 0 aromatic heterocycles. The van der Waals surface area contributed by atoms with Gasteiger partial charge in [0.25, 0.3) is 21.8 Å². The molecular formula is C16H20N2O4S. The number of nitrogens with one attached hydrogen (secondary N) is 1. The highest BCUT2D eigenvalue weighted by atomic mass is 32.2. The average Bonchev–Trinajstić information content (AvgIpc) is 2.74. The summed E-state index contributed by atoms with van der Waals surface area (Å²) < 4.78 is 25.6. The van der Waals surface area contributed by atoms with E-state index < -0.39 is 15.9 Å². The van der Waals surface area contributed by atoms with Crippen LogP contribution in [0.25, 0.3) is 0 Å². The molecule has 1 heterocycles. The molecule has 124 valence electrons. The summed E-state index contributed by atoms with van der Waals surface area (Å²) in [6, 6.07) is 4.41. The number of carbonyl (C=O) groups excluding carboxylic acids is 2. The summed E-state index contributed by atoms with van der Waals surface area (Å²) in [5.74, 6) is -0.806. The Morgan fingerprint density at radius 1 is 1.26 bits per heavy atom. The second-order valence-electron chi connectivity index (χ2n) is 5.99. The third kappa shape index (κ3) is 2.73. The number of carbonyl (C=O) groups is 2. The van der Waals surface area contributed by atoms with Crippen molar-refractivity contribution in [2.75, 3.05) is 6.54 Å². The highest BCUT2D eigenvalue weighted by Crippen LogP contribution is 2.30. The van der Waals surface area contributed by atoms with E-state index in [1.54, 1.807) is 6.92 Å². The molecule has 1 aliphatic carbocycles. The van der Waals surface area contributed by atoms with E-state index in [2.05, 4.69) is 5.32 Å². The zero-order chi connectivity index (χ0) is 16.6. The van der Waals surface area contributed by atoms with Crippen molar-refractivity contribution in [2.24, 2.45) is 0 Å². The van der Waals surface area contributed by atoms with Crippen LogP contribution in [0, 0.1) is 0 Å². The van der Waals surface area contributed by atoms with Crippen molar-refractivity contribution in [2.45, 2.75) is 50.0 Å². The van der Waals surface area contributed by atoms with Crippen LogP contribution in [-0.2, 0) is 10.0 Å². The van der Waals surface area contributed by atoms with Crippen molar-refractivity contribution in [3.63, 3.8) is 0 Å². The highest BCUT2D eigenvalue weighted by Gasteiger charge is 2.40. The second-order valence-corrected chi connectivity index (χ2v) is 7.83. The number of hydrogen-bond acceptors (Lipinski definition) is 4. The Balaban J connectivity index is 1.87. The van der Waals surface area contributed by atoms with Crippen LogP contribution in [-0.4, -0.2) is 37.1 Å². The Bertz CT molecular complexity index is 751. The topological polar surface area (TPSA) is 83.6 Å². The predicted molar refractivity (Wildman–Crippen MR) is 84.7 cm³/mol. The van der Waals surface area contributed by atoms with E-state index in [0.29, 0.717) is 0 Å². The molecule has 0 saturated heterocycles. The maximum atomic E-state index is 12.4. The summed E-state index contributed by atoms with van der Waals surface area (Å²) in [6.07, 6.45) is 5.31. The number of nitrogens with zero attached hydrogens (tertiary/aromatic N) is 1. The number of amides is 2. The maximum Gasteiger partial charge on any atom is 0.268 e. The molecule has 0 bridgehead atoms. The van der Waals surface area contributed by atoms with Gasteiger partial charge in [0.05, 0.1) is 5.56 Å². The first-order chi connectivity index (χ1) is 10.9. The van der Waals surface area contributed by atoms with Crippen LogP contribution in [0.15, 0.2) is 23.1 Å². The Kier molecular flexibility index (Phi) is 4.14. The molecular weight excluding hydrogens is 316 g/mol. The van der Waals surface area contributed by atoms with Gasteiger partial charge in [0.2, 0.25) is 0 Å². The lowest BCUT2D eigenvalue weighted by molar-refractivity contribution is 0.0873. The third-order valence-corrected chi connectivity index (χ3v) is 6.39. The Morgan fingerprint density at radius 2 is 1.96 bits per heavy atom. The summed E-state index contributed by atoms with van der Waals surface area (Å²) in [6.45, 7) is 1.69. The molecule has 2 amide bonds. The molecule has 0 atom stereocenters. The van der Waals surface area contributed by atoms with E-state index in [1.165, 1.54) is 24.6 Å². The van der Waals surface area contributed by atoms with Gasteiger partial charge >= 0.3 is 0 Å². The molecule has 1 aromatic rings. The van der Waals surface area contributed by atoms with Crippen LogP contribution in [0.4, 0.5) is 0 Å². The summed E-state index contributed by atoms with van der Waals surface area (Å²) in [5, 5.41) is 2.96. The van der Waals surface area contributed by atoms with Crippen LogP contribution < -0.4 is 5.32 Å². The van der Waals surface area contributed by atoms with Crippen molar-refractivity contribution >= 4 is 21.8 Å². The fraction of sp³-hybridized carbons (Fsp3) is 0.500. The van der Waals surface area contributed by atoms with Crippen LogP contribution >= 0.6 is 0 Å². The van der Waals surface area contributed by atoms with E-state index >= 15 is 0 Å². The van der Waals surface area contributed by atoms with Crippen molar-refractivity contribution in [3.05, 3.63) is 29.3 Å². The van der Waals surface area contributed by atoms with E-state index in [-0.39, 0.29) is 34.5 Å². The number of rotatable bonds is 3. The van der Waals surface area contributed by atoms with Gasteiger partial charge in [0.15, 0.2) is 0 Å². The molecule has 7 heteroatoms. The average molecular weight is 336 g/mol. The normalized spacial score (nSPS) is 20.4. The molecule has 1 N–H and O–H groups in total. The molecule has 1 fully saturated rings. The molecule has 1 aromatic carbocycles. The summed E-state index contributed by atoms with van der Waals surface area (Å²) >= 11 is 0. The minimum Gasteiger partial charge on any atom is -0.349 e. The first-order valence-electron chi connectivity index (χ1n) is 7.97. The summed E-state index contributed by atoms with van der Waals surface area (Å²) in [4.78, 5) is 24.4. The van der Waals surface area contributed by atoms with Gasteiger partial charge in [-0.05, 0) is 38.0 Å². The molecule has 23 heavy (non-hydrogen) atoms. The Morgan fingerprint density at radius 3 is 2.61 bits per heavy atom. The largest absolute Gasteiger partial charge is 0.349 e. The SMILES string of the molecule is CCN1C(=O)c2ccc(C(=O)NC3CCCCC3)cc2S1(=O)=O. The number of sulfonamides is 1. The molecule has 1 saturated carbocycles. The summed E-state index contributed by atoms with van der Waals surface area (Å²) in [5.41, 5.74) is 0.421. The van der Waals surface area contributed by atoms with Crippen molar-refractivity contribution in [1.82, 2.24) is 9.62 Å². The Labute approximate surface area is 135 Å². The van der Waals surface area contributed by atoms with Gasteiger partial charge in [0.1, 0.15) is 4.90 Å². The van der Waals surface area contributed by atoms with Crippen LogP contribution in [0.2, 0.25) is 0 Å².